The third kappa shape index (κ3) is 2.63. The highest BCUT2D eigenvalue weighted by Crippen LogP contribution is 2.33. The summed E-state index contributed by atoms with van der Waals surface area (Å²) in [5, 5.41) is 10.2. The van der Waals surface area contributed by atoms with Crippen LogP contribution in [0.2, 0.25) is 0 Å². The van der Waals surface area contributed by atoms with E-state index in [2.05, 4.69) is 4.98 Å². The van der Waals surface area contributed by atoms with Crippen molar-refractivity contribution in [1.29, 1.82) is 0 Å². The van der Waals surface area contributed by atoms with E-state index in [-0.39, 0.29) is 5.56 Å². The third-order valence-corrected chi connectivity index (χ3v) is 3.32. The van der Waals surface area contributed by atoms with Crippen LogP contribution in [0.1, 0.15) is 35.6 Å². The minimum atomic E-state index is -1.23. The molecule has 0 aliphatic rings. The molecule has 2 atom stereocenters. The number of rotatable bonds is 3. The molecular weight excluding hydrogens is 248 g/mol. The number of pyridine rings is 1. The fourth-order valence-corrected chi connectivity index (χ4v) is 2.05. The van der Waals surface area contributed by atoms with Gasteiger partial charge in [0.15, 0.2) is 0 Å². The van der Waals surface area contributed by atoms with E-state index in [4.69, 9.17) is 0 Å². The number of aryl methyl sites for hydroxylation is 1. The largest absolute Gasteiger partial charge is 0.388 e. The van der Waals surface area contributed by atoms with Gasteiger partial charge in [-0.2, -0.15) is 0 Å². The number of aromatic nitrogens is 1. The Labute approximate surface area is 110 Å². The molecule has 0 spiro atoms. The minimum Gasteiger partial charge on any atom is -0.388 e. The van der Waals surface area contributed by atoms with Crippen molar-refractivity contribution < 1.29 is 13.9 Å². The molecule has 0 amide bonds. The maximum absolute atomic E-state index is 14.0. The maximum Gasteiger partial charge on any atom is 0.134 e. The summed E-state index contributed by atoms with van der Waals surface area (Å²) in [6.07, 6.45) is 1.94. The minimum absolute atomic E-state index is 0.274. The molecule has 0 bridgehead atoms. The van der Waals surface area contributed by atoms with Gasteiger partial charge in [-0.05, 0) is 36.2 Å². The lowest BCUT2D eigenvalue weighted by molar-refractivity contribution is 0.142. The molecule has 0 fully saturated rings. The highest BCUT2D eigenvalue weighted by Gasteiger charge is 2.25. The summed E-state index contributed by atoms with van der Waals surface area (Å²) < 4.78 is 27.7. The zero-order valence-corrected chi connectivity index (χ0v) is 10.8. The van der Waals surface area contributed by atoms with Crippen LogP contribution < -0.4 is 0 Å². The van der Waals surface area contributed by atoms with Gasteiger partial charge in [0, 0.05) is 18.3 Å². The Morgan fingerprint density at radius 3 is 2.37 bits per heavy atom. The summed E-state index contributed by atoms with van der Waals surface area (Å²) in [7, 11) is 0. The zero-order chi connectivity index (χ0) is 14.0. The van der Waals surface area contributed by atoms with E-state index in [1.165, 1.54) is 12.1 Å². The van der Waals surface area contributed by atoms with Crippen LogP contribution in [0.5, 0.6) is 0 Å². The molecule has 0 saturated heterocycles. The Balaban J connectivity index is 2.40. The first kappa shape index (κ1) is 13.6. The number of halogens is 2. The molecular formula is C15H15F2NO. The highest BCUT2D eigenvalue weighted by atomic mass is 19.1. The Kier molecular flexibility index (Phi) is 3.90. The van der Waals surface area contributed by atoms with Gasteiger partial charge in [0.05, 0.1) is 11.7 Å². The van der Waals surface area contributed by atoms with Gasteiger partial charge < -0.3 is 5.11 Å². The fourth-order valence-electron chi connectivity index (χ4n) is 2.05. The number of aliphatic hydroxyl groups is 1. The smallest absolute Gasteiger partial charge is 0.134 e. The van der Waals surface area contributed by atoms with Crippen LogP contribution in [-0.4, -0.2) is 10.1 Å². The van der Waals surface area contributed by atoms with E-state index < -0.39 is 23.7 Å². The Morgan fingerprint density at radius 1 is 1.11 bits per heavy atom. The molecule has 19 heavy (non-hydrogen) atoms. The molecule has 1 aromatic carbocycles. The average molecular weight is 263 g/mol. The molecule has 2 aromatic rings. The molecule has 0 saturated carbocycles. The van der Waals surface area contributed by atoms with Crippen LogP contribution in [0.15, 0.2) is 36.7 Å². The van der Waals surface area contributed by atoms with E-state index in [0.717, 1.165) is 5.56 Å². The van der Waals surface area contributed by atoms with E-state index in [1.807, 2.05) is 0 Å². The number of aliphatic hydroxyl groups excluding tert-OH is 1. The quantitative estimate of drug-likeness (QED) is 0.919. The van der Waals surface area contributed by atoms with Crippen LogP contribution in [0.25, 0.3) is 0 Å². The summed E-state index contributed by atoms with van der Waals surface area (Å²) in [6.45, 7) is 3.27. The van der Waals surface area contributed by atoms with Gasteiger partial charge in [0.25, 0.3) is 0 Å². The van der Waals surface area contributed by atoms with Crippen molar-refractivity contribution in [2.24, 2.45) is 0 Å². The molecule has 0 aliphatic heterocycles. The SMILES string of the molecule is Cc1ccc(F)c(C(O)C(C)c2ccncc2)c1F. The molecule has 1 aromatic heterocycles. The van der Waals surface area contributed by atoms with Gasteiger partial charge in [-0.15, -0.1) is 0 Å². The van der Waals surface area contributed by atoms with Gasteiger partial charge in [0.2, 0.25) is 0 Å². The molecule has 100 valence electrons. The normalized spacial score (nSPS) is 14.2. The summed E-state index contributed by atoms with van der Waals surface area (Å²) in [6, 6.07) is 5.98. The summed E-state index contributed by atoms with van der Waals surface area (Å²) in [4.78, 5) is 3.88. The lowest BCUT2D eigenvalue weighted by Gasteiger charge is -2.21. The van der Waals surface area contributed by atoms with Gasteiger partial charge in [-0.25, -0.2) is 8.78 Å². The highest BCUT2D eigenvalue weighted by molar-refractivity contribution is 5.31. The summed E-state index contributed by atoms with van der Waals surface area (Å²) in [5.74, 6) is -1.83. The van der Waals surface area contributed by atoms with Crippen LogP contribution in [0, 0.1) is 18.6 Å². The van der Waals surface area contributed by atoms with Crippen molar-refractivity contribution in [3.8, 4) is 0 Å². The van der Waals surface area contributed by atoms with Crippen molar-refractivity contribution in [3.63, 3.8) is 0 Å². The standard InChI is InChI=1S/C15H15F2NO/c1-9-3-4-12(16)13(14(9)17)15(19)10(2)11-5-7-18-8-6-11/h3-8,10,15,19H,1-2H3. The molecule has 1 N–H and O–H groups in total. The van der Waals surface area contributed by atoms with Crippen LogP contribution in [0.4, 0.5) is 8.78 Å². The van der Waals surface area contributed by atoms with Gasteiger partial charge in [-0.3, -0.25) is 4.98 Å². The molecule has 2 nitrogen and oxygen atoms in total. The van der Waals surface area contributed by atoms with E-state index in [0.29, 0.717) is 5.56 Å². The van der Waals surface area contributed by atoms with Crippen molar-refractivity contribution in [1.82, 2.24) is 4.98 Å². The molecule has 4 heteroatoms. The van der Waals surface area contributed by atoms with E-state index >= 15 is 0 Å². The lowest BCUT2D eigenvalue weighted by atomic mass is 9.90. The number of hydrogen-bond acceptors (Lipinski definition) is 2. The second-order valence-electron chi connectivity index (χ2n) is 4.61. The van der Waals surface area contributed by atoms with Crippen LogP contribution in [0.3, 0.4) is 0 Å². The predicted octanol–water partition coefficient (Wildman–Crippen LogP) is 3.51. The summed E-state index contributed by atoms with van der Waals surface area (Å²) >= 11 is 0. The molecule has 2 unspecified atom stereocenters. The first-order chi connectivity index (χ1) is 9.02. The topological polar surface area (TPSA) is 33.1 Å². The maximum atomic E-state index is 14.0. The fraction of sp³-hybridized carbons (Fsp3) is 0.267. The van der Waals surface area contributed by atoms with Crippen LogP contribution >= 0.6 is 0 Å². The van der Waals surface area contributed by atoms with E-state index in [1.54, 1.807) is 38.4 Å². The third-order valence-electron chi connectivity index (χ3n) is 3.32. The van der Waals surface area contributed by atoms with E-state index in [9.17, 15) is 13.9 Å². The Morgan fingerprint density at radius 2 is 1.74 bits per heavy atom. The Hall–Kier alpha value is -1.81. The second kappa shape index (κ2) is 5.45. The van der Waals surface area contributed by atoms with Gasteiger partial charge in [-0.1, -0.05) is 13.0 Å². The van der Waals surface area contributed by atoms with Crippen molar-refractivity contribution in [2.75, 3.05) is 0 Å². The van der Waals surface area contributed by atoms with Crippen LogP contribution in [-0.2, 0) is 0 Å². The first-order valence-electron chi connectivity index (χ1n) is 6.05. The lowest BCUT2D eigenvalue weighted by Crippen LogP contribution is -2.12. The second-order valence-corrected chi connectivity index (χ2v) is 4.61. The molecule has 0 radical (unpaired) electrons. The monoisotopic (exact) mass is 263 g/mol. The van der Waals surface area contributed by atoms with Crippen molar-refractivity contribution >= 4 is 0 Å². The zero-order valence-electron chi connectivity index (χ0n) is 10.8. The van der Waals surface area contributed by atoms with Crippen molar-refractivity contribution in [3.05, 3.63) is 65.0 Å². The number of nitrogens with zero attached hydrogens (tertiary/aromatic N) is 1. The number of hydrogen-bond donors (Lipinski definition) is 1. The summed E-state index contributed by atoms with van der Waals surface area (Å²) in [5.41, 5.74) is 0.824. The van der Waals surface area contributed by atoms with Gasteiger partial charge in [0.1, 0.15) is 11.6 Å². The molecule has 0 aliphatic carbocycles. The average Bonchev–Trinajstić information content (AvgIpc) is 2.43. The van der Waals surface area contributed by atoms with Crippen molar-refractivity contribution in [2.45, 2.75) is 25.9 Å². The first-order valence-corrected chi connectivity index (χ1v) is 6.05. The Bertz CT molecular complexity index is 572. The molecule has 2 rings (SSSR count). The number of benzene rings is 1. The predicted molar refractivity (Wildman–Crippen MR) is 68.7 cm³/mol. The van der Waals surface area contributed by atoms with Gasteiger partial charge >= 0.3 is 0 Å². The molecule has 1 heterocycles.